The maximum atomic E-state index is 12.8. The average molecular weight is 400 g/mol. The lowest BCUT2D eigenvalue weighted by molar-refractivity contribution is 0.0994. The molecule has 0 saturated carbocycles. The third kappa shape index (κ3) is 4.47. The van der Waals surface area contributed by atoms with Crippen molar-refractivity contribution in [2.24, 2.45) is 0 Å². The molecule has 0 bridgehead atoms. The summed E-state index contributed by atoms with van der Waals surface area (Å²) in [6.07, 6.45) is 3.49. The van der Waals surface area contributed by atoms with Gasteiger partial charge in [0.25, 0.3) is 11.8 Å². The van der Waals surface area contributed by atoms with Crippen LogP contribution in [0.5, 0.6) is 0 Å². The van der Waals surface area contributed by atoms with Crippen molar-refractivity contribution in [2.75, 3.05) is 10.6 Å². The van der Waals surface area contributed by atoms with Gasteiger partial charge in [0, 0.05) is 18.1 Å². The molecule has 2 amide bonds. The summed E-state index contributed by atoms with van der Waals surface area (Å²) in [5.74, 6) is 0.0215. The van der Waals surface area contributed by atoms with Gasteiger partial charge in [0.1, 0.15) is 5.76 Å². The van der Waals surface area contributed by atoms with Crippen LogP contribution in [0.3, 0.4) is 0 Å². The lowest BCUT2D eigenvalue weighted by Gasteiger charge is -2.11. The second-order valence-corrected chi connectivity index (χ2v) is 6.79. The van der Waals surface area contributed by atoms with Crippen LogP contribution in [-0.4, -0.2) is 21.6 Å². The van der Waals surface area contributed by atoms with Crippen molar-refractivity contribution < 1.29 is 14.0 Å². The van der Waals surface area contributed by atoms with Crippen molar-refractivity contribution in [1.82, 2.24) is 9.78 Å². The number of hydrogen-bond acceptors (Lipinski definition) is 4. The third-order valence-corrected chi connectivity index (χ3v) is 4.46. The number of benzene rings is 2. The Bertz CT molecular complexity index is 1180. The van der Waals surface area contributed by atoms with Gasteiger partial charge in [0.15, 0.2) is 5.76 Å². The van der Waals surface area contributed by atoms with E-state index in [-0.39, 0.29) is 11.7 Å². The van der Waals surface area contributed by atoms with Crippen LogP contribution in [0.4, 0.5) is 11.4 Å². The predicted molar refractivity (Wildman–Crippen MR) is 114 cm³/mol. The van der Waals surface area contributed by atoms with Gasteiger partial charge < -0.3 is 15.1 Å². The van der Waals surface area contributed by atoms with Crippen LogP contribution in [0.25, 0.3) is 0 Å². The van der Waals surface area contributed by atoms with E-state index < -0.39 is 5.91 Å². The van der Waals surface area contributed by atoms with Crippen LogP contribution in [0.1, 0.15) is 32.2 Å². The minimum atomic E-state index is -0.433. The Morgan fingerprint density at radius 1 is 0.967 bits per heavy atom. The molecule has 2 aromatic carbocycles. The summed E-state index contributed by atoms with van der Waals surface area (Å²) in [5.41, 5.74) is 2.49. The summed E-state index contributed by atoms with van der Waals surface area (Å²) >= 11 is 0. The highest BCUT2D eigenvalue weighted by Gasteiger charge is 2.17. The summed E-state index contributed by atoms with van der Waals surface area (Å²) in [4.78, 5) is 25.4. The molecular formula is C23H20N4O3. The highest BCUT2D eigenvalue weighted by molar-refractivity contribution is 6.12. The molecule has 0 radical (unpaired) electrons. The zero-order valence-corrected chi connectivity index (χ0v) is 16.3. The van der Waals surface area contributed by atoms with Gasteiger partial charge in [-0.3, -0.25) is 14.3 Å². The molecule has 150 valence electrons. The van der Waals surface area contributed by atoms with E-state index in [1.807, 2.05) is 43.5 Å². The summed E-state index contributed by atoms with van der Waals surface area (Å²) < 4.78 is 7.33. The molecule has 4 aromatic rings. The number of aryl methyl sites for hydroxylation is 1. The molecule has 0 fully saturated rings. The second-order valence-electron chi connectivity index (χ2n) is 6.79. The molecule has 2 heterocycles. The van der Waals surface area contributed by atoms with E-state index in [0.717, 1.165) is 5.56 Å². The number of rotatable bonds is 6. The molecule has 0 aliphatic heterocycles. The zero-order valence-electron chi connectivity index (χ0n) is 16.3. The number of para-hydroxylation sites is 1. The van der Waals surface area contributed by atoms with E-state index in [1.165, 1.54) is 0 Å². The van der Waals surface area contributed by atoms with Crippen LogP contribution in [0, 0.1) is 6.92 Å². The van der Waals surface area contributed by atoms with Crippen molar-refractivity contribution in [1.29, 1.82) is 0 Å². The van der Waals surface area contributed by atoms with Crippen LogP contribution in [0.15, 0.2) is 83.5 Å². The molecule has 2 N–H and O–H groups in total. The van der Waals surface area contributed by atoms with Gasteiger partial charge in [-0.1, -0.05) is 24.3 Å². The van der Waals surface area contributed by atoms with E-state index in [9.17, 15) is 9.59 Å². The fourth-order valence-electron chi connectivity index (χ4n) is 3.03. The topological polar surface area (TPSA) is 89.2 Å². The first-order chi connectivity index (χ1) is 14.6. The van der Waals surface area contributed by atoms with E-state index in [4.69, 9.17) is 4.42 Å². The Morgan fingerprint density at radius 2 is 1.83 bits per heavy atom. The first-order valence-electron chi connectivity index (χ1n) is 9.43. The number of anilines is 2. The van der Waals surface area contributed by atoms with Crippen LogP contribution in [-0.2, 0) is 6.54 Å². The van der Waals surface area contributed by atoms with Crippen molar-refractivity contribution in [2.45, 2.75) is 13.5 Å². The SMILES string of the molecule is Cc1cccc(NC(=O)c2ccccc2NC(=O)c2ccc(Cn3cccn3)o2)c1. The molecule has 0 unspecified atom stereocenters. The van der Waals surface area contributed by atoms with Gasteiger partial charge in [-0.25, -0.2) is 0 Å². The molecule has 0 spiro atoms. The Balaban J connectivity index is 1.48. The van der Waals surface area contributed by atoms with Crippen molar-refractivity contribution in [3.05, 3.63) is 102 Å². The maximum Gasteiger partial charge on any atom is 0.291 e. The highest BCUT2D eigenvalue weighted by atomic mass is 16.4. The largest absolute Gasteiger partial charge is 0.454 e. The lowest BCUT2D eigenvalue weighted by Crippen LogP contribution is -2.18. The molecule has 7 nitrogen and oxygen atoms in total. The van der Waals surface area contributed by atoms with Crippen LogP contribution >= 0.6 is 0 Å². The average Bonchev–Trinajstić information content (AvgIpc) is 3.41. The Labute approximate surface area is 173 Å². The van der Waals surface area contributed by atoms with Crippen LogP contribution in [0.2, 0.25) is 0 Å². The van der Waals surface area contributed by atoms with Crippen molar-refractivity contribution in [3.8, 4) is 0 Å². The van der Waals surface area contributed by atoms with Crippen molar-refractivity contribution >= 4 is 23.2 Å². The van der Waals surface area contributed by atoms with Gasteiger partial charge in [-0.05, 0) is 55.0 Å². The van der Waals surface area contributed by atoms with Gasteiger partial charge in [-0.15, -0.1) is 0 Å². The summed E-state index contributed by atoms with van der Waals surface area (Å²) in [6.45, 7) is 2.38. The van der Waals surface area contributed by atoms with Gasteiger partial charge in [0.05, 0.1) is 17.8 Å². The quantitative estimate of drug-likeness (QED) is 0.504. The molecule has 0 saturated heterocycles. The summed E-state index contributed by atoms with van der Waals surface area (Å²) in [6, 6.07) is 19.5. The summed E-state index contributed by atoms with van der Waals surface area (Å²) in [5, 5.41) is 9.73. The van der Waals surface area contributed by atoms with E-state index in [1.54, 1.807) is 47.3 Å². The summed E-state index contributed by atoms with van der Waals surface area (Å²) in [7, 11) is 0. The Hall–Kier alpha value is -4.13. The molecule has 30 heavy (non-hydrogen) atoms. The maximum absolute atomic E-state index is 12.8. The zero-order chi connectivity index (χ0) is 20.9. The van der Waals surface area contributed by atoms with Gasteiger partial charge >= 0.3 is 0 Å². The first kappa shape index (κ1) is 19.2. The number of nitrogens with one attached hydrogen (secondary N) is 2. The van der Waals surface area contributed by atoms with Gasteiger partial charge in [0.2, 0.25) is 0 Å². The second kappa shape index (κ2) is 8.48. The van der Waals surface area contributed by atoms with Gasteiger partial charge in [-0.2, -0.15) is 5.10 Å². The smallest absolute Gasteiger partial charge is 0.291 e. The number of carbonyl (C=O) groups is 2. The normalized spacial score (nSPS) is 10.6. The predicted octanol–water partition coefficient (Wildman–Crippen LogP) is 4.34. The van der Waals surface area contributed by atoms with Crippen LogP contribution < -0.4 is 10.6 Å². The minimum absolute atomic E-state index is 0.158. The Kier molecular flexibility index (Phi) is 5.43. The van der Waals surface area contributed by atoms with E-state index in [2.05, 4.69) is 15.7 Å². The number of furan rings is 1. The molecule has 0 aliphatic rings. The number of nitrogens with zero attached hydrogens (tertiary/aromatic N) is 2. The molecule has 0 aliphatic carbocycles. The van der Waals surface area contributed by atoms with E-state index >= 15 is 0 Å². The Morgan fingerprint density at radius 3 is 2.63 bits per heavy atom. The molecule has 7 heteroatoms. The number of amides is 2. The monoisotopic (exact) mass is 400 g/mol. The standard InChI is InChI=1S/C23H20N4O3/c1-16-6-4-7-17(14-16)25-22(28)19-8-2-3-9-20(19)26-23(29)21-11-10-18(30-21)15-27-13-5-12-24-27/h2-14H,15H2,1H3,(H,25,28)(H,26,29). The minimum Gasteiger partial charge on any atom is -0.454 e. The molecule has 0 atom stereocenters. The fourth-order valence-corrected chi connectivity index (χ4v) is 3.03. The number of carbonyl (C=O) groups excluding carboxylic acids is 2. The highest BCUT2D eigenvalue weighted by Crippen LogP contribution is 2.20. The molecule has 4 rings (SSSR count). The fraction of sp³-hybridized carbons (Fsp3) is 0.0870. The van der Waals surface area contributed by atoms with E-state index in [0.29, 0.717) is 29.2 Å². The number of aromatic nitrogens is 2. The first-order valence-corrected chi connectivity index (χ1v) is 9.43. The molecule has 2 aromatic heterocycles. The van der Waals surface area contributed by atoms with Crippen molar-refractivity contribution in [3.63, 3.8) is 0 Å². The lowest BCUT2D eigenvalue weighted by atomic mass is 10.1. The third-order valence-electron chi connectivity index (χ3n) is 4.46. The molecular weight excluding hydrogens is 380 g/mol. The number of hydrogen-bond donors (Lipinski definition) is 2.